The lowest BCUT2D eigenvalue weighted by atomic mass is 10.1. The average Bonchev–Trinajstić information content (AvgIpc) is 2.81. The number of hydrogen-bond acceptors (Lipinski definition) is 5. The Morgan fingerprint density at radius 3 is 2.17 bits per heavy atom. The number of esters is 1. The minimum absolute atomic E-state index is 0.0313. The van der Waals surface area contributed by atoms with Gasteiger partial charge in [-0.25, -0.2) is 0 Å². The second-order valence-corrected chi connectivity index (χ2v) is 4.68. The Hall–Kier alpha value is -0.650. The number of ether oxygens (including phenoxy) is 3. The molecule has 5 heteroatoms. The predicted octanol–water partition coefficient (Wildman–Crippen LogP) is 1.06. The van der Waals surface area contributed by atoms with E-state index in [4.69, 9.17) is 14.2 Å². The number of nitrogens with zero attached hydrogens (tertiary/aromatic N) is 1. The van der Waals surface area contributed by atoms with Crippen LogP contribution < -0.4 is 0 Å². The van der Waals surface area contributed by atoms with Gasteiger partial charge in [0.15, 0.2) is 0 Å². The molecule has 0 radical (unpaired) electrons. The number of carbonyl (C=O) groups excluding carboxylic acids is 1. The second kappa shape index (κ2) is 7.71. The molecule has 0 aromatic rings. The van der Waals surface area contributed by atoms with E-state index in [-0.39, 0.29) is 24.2 Å². The number of methoxy groups -OCH3 is 3. The van der Waals surface area contributed by atoms with Crippen LogP contribution >= 0.6 is 0 Å². The van der Waals surface area contributed by atoms with Crippen LogP contribution in [0.25, 0.3) is 0 Å². The molecular formula is C13H25NO4. The van der Waals surface area contributed by atoms with Crippen molar-refractivity contribution in [3.63, 3.8) is 0 Å². The summed E-state index contributed by atoms with van der Waals surface area (Å²) in [5, 5.41) is 0. The van der Waals surface area contributed by atoms with Gasteiger partial charge in [-0.05, 0) is 6.42 Å². The largest absolute Gasteiger partial charge is 0.468 e. The predicted molar refractivity (Wildman–Crippen MR) is 68.5 cm³/mol. The summed E-state index contributed by atoms with van der Waals surface area (Å²) < 4.78 is 15.7. The Kier molecular flexibility index (Phi) is 6.60. The van der Waals surface area contributed by atoms with Crippen LogP contribution in [-0.2, 0) is 19.0 Å². The SMILES string of the molecule is CCCCC(C(=O)OC)N1CC(OC)C(OC)C1. The summed E-state index contributed by atoms with van der Waals surface area (Å²) in [5.74, 6) is -0.157. The van der Waals surface area contributed by atoms with E-state index in [1.54, 1.807) is 14.2 Å². The fourth-order valence-electron chi connectivity index (χ4n) is 2.46. The molecule has 0 aliphatic carbocycles. The maximum absolute atomic E-state index is 11.8. The van der Waals surface area contributed by atoms with Crippen molar-refractivity contribution < 1.29 is 19.0 Å². The minimum atomic E-state index is -0.173. The topological polar surface area (TPSA) is 48.0 Å². The molecule has 1 heterocycles. The van der Waals surface area contributed by atoms with Gasteiger partial charge in [0.1, 0.15) is 6.04 Å². The first-order valence-corrected chi connectivity index (χ1v) is 6.55. The van der Waals surface area contributed by atoms with E-state index in [2.05, 4.69) is 11.8 Å². The summed E-state index contributed by atoms with van der Waals surface area (Å²) in [7, 11) is 4.80. The van der Waals surface area contributed by atoms with Crippen molar-refractivity contribution in [1.82, 2.24) is 4.90 Å². The zero-order valence-corrected chi connectivity index (χ0v) is 11.8. The standard InChI is InChI=1S/C13H25NO4/c1-5-6-7-10(13(15)18-4)14-8-11(16-2)12(9-14)17-3/h10-12H,5-9H2,1-4H3. The Bertz CT molecular complexity index is 247. The summed E-state index contributed by atoms with van der Waals surface area (Å²) >= 11 is 0. The van der Waals surface area contributed by atoms with Gasteiger partial charge in [0.2, 0.25) is 0 Å². The van der Waals surface area contributed by atoms with E-state index in [9.17, 15) is 4.79 Å². The highest BCUT2D eigenvalue weighted by Crippen LogP contribution is 2.21. The van der Waals surface area contributed by atoms with Crippen LogP contribution in [0.2, 0.25) is 0 Å². The number of rotatable bonds is 7. The van der Waals surface area contributed by atoms with Gasteiger partial charge in [0.05, 0.1) is 19.3 Å². The first-order valence-electron chi connectivity index (χ1n) is 6.55. The molecule has 0 saturated carbocycles. The van der Waals surface area contributed by atoms with Crippen molar-refractivity contribution in [3.8, 4) is 0 Å². The highest BCUT2D eigenvalue weighted by molar-refractivity contribution is 5.75. The smallest absolute Gasteiger partial charge is 0.323 e. The quantitative estimate of drug-likeness (QED) is 0.640. The lowest BCUT2D eigenvalue weighted by Gasteiger charge is -2.25. The third-order valence-corrected chi connectivity index (χ3v) is 3.59. The number of unbranched alkanes of at least 4 members (excludes halogenated alkanes) is 1. The van der Waals surface area contributed by atoms with Gasteiger partial charge in [0, 0.05) is 27.3 Å². The molecule has 1 rings (SSSR count). The Balaban J connectivity index is 2.65. The Morgan fingerprint density at radius 1 is 1.22 bits per heavy atom. The van der Waals surface area contributed by atoms with Crippen molar-refractivity contribution in [2.24, 2.45) is 0 Å². The lowest BCUT2D eigenvalue weighted by Crippen LogP contribution is -2.41. The molecule has 106 valence electrons. The van der Waals surface area contributed by atoms with Gasteiger partial charge >= 0.3 is 5.97 Å². The van der Waals surface area contributed by atoms with E-state index in [0.29, 0.717) is 0 Å². The molecule has 0 aromatic carbocycles. The summed E-state index contributed by atoms with van der Waals surface area (Å²) in [5.41, 5.74) is 0. The van der Waals surface area contributed by atoms with E-state index < -0.39 is 0 Å². The molecule has 0 aromatic heterocycles. The van der Waals surface area contributed by atoms with Crippen LogP contribution in [0.4, 0.5) is 0 Å². The fourth-order valence-corrected chi connectivity index (χ4v) is 2.46. The maximum Gasteiger partial charge on any atom is 0.323 e. The molecule has 3 unspecified atom stereocenters. The monoisotopic (exact) mass is 259 g/mol. The van der Waals surface area contributed by atoms with E-state index in [0.717, 1.165) is 32.4 Å². The highest BCUT2D eigenvalue weighted by Gasteiger charge is 2.39. The van der Waals surface area contributed by atoms with Crippen molar-refractivity contribution >= 4 is 5.97 Å². The van der Waals surface area contributed by atoms with Crippen molar-refractivity contribution in [3.05, 3.63) is 0 Å². The van der Waals surface area contributed by atoms with Crippen LogP contribution in [0.1, 0.15) is 26.2 Å². The molecule has 1 fully saturated rings. The maximum atomic E-state index is 11.8. The molecule has 1 saturated heterocycles. The van der Waals surface area contributed by atoms with Crippen LogP contribution in [0.3, 0.4) is 0 Å². The number of carbonyl (C=O) groups is 1. The van der Waals surface area contributed by atoms with Gasteiger partial charge in [-0.1, -0.05) is 19.8 Å². The summed E-state index contributed by atoms with van der Waals surface area (Å²) in [6, 6.07) is -0.173. The summed E-state index contributed by atoms with van der Waals surface area (Å²) in [6.07, 6.45) is 2.98. The van der Waals surface area contributed by atoms with E-state index in [1.807, 2.05) is 0 Å². The third-order valence-electron chi connectivity index (χ3n) is 3.59. The van der Waals surface area contributed by atoms with E-state index in [1.165, 1.54) is 7.11 Å². The Morgan fingerprint density at radius 2 is 1.78 bits per heavy atom. The van der Waals surface area contributed by atoms with Gasteiger partial charge in [0.25, 0.3) is 0 Å². The Labute approximate surface area is 109 Å². The molecule has 5 nitrogen and oxygen atoms in total. The zero-order valence-electron chi connectivity index (χ0n) is 11.8. The van der Waals surface area contributed by atoms with Crippen molar-refractivity contribution in [1.29, 1.82) is 0 Å². The van der Waals surface area contributed by atoms with Crippen LogP contribution in [0.5, 0.6) is 0 Å². The van der Waals surface area contributed by atoms with Gasteiger partial charge in [-0.15, -0.1) is 0 Å². The molecule has 18 heavy (non-hydrogen) atoms. The third kappa shape index (κ3) is 3.67. The van der Waals surface area contributed by atoms with Crippen LogP contribution in [-0.4, -0.2) is 63.5 Å². The highest BCUT2D eigenvalue weighted by atomic mass is 16.5. The minimum Gasteiger partial charge on any atom is -0.468 e. The molecule has 3 atom stereocenters. The van der Waals surface area contributed by atoms with Gasteiger partial charge in [-0.2, -0.15) is 0 Å². The zero-order chi connectivity index (χ0) is 13.5. The normalized spacial score (nSPS) is 26.2. The second-order valence-electron chi connectivity index (χ2n) is 4.68. The fraction of sp³-hybridized carbons (Fsp3) is 0.923. The van der Waals surface area contributed by atoms with Gasteiger partial charge in [-0.3, -0.25) is 9.69 Å². The number of hydrogen-bond donors (Lipinski definition) is 0. The molecule has 1 aliphatic heterocycles. The van der Waals surface area contributed by atoms with Crippen molar-refractivity contribution in [2.75, 3.05) is 34.4 Å². The summed E-state index contributed by atoms with van der Waals surface area (Å²) in [6.45, 7) is 3.56. The van der Waals surface area contributed by atoms with Crippen molar-refractivity contribution in [2.45, 2.75) is 44.4 Å². The summed E-state index contributed by atoms with van der Waals surface area (Å²) in [4.78, 5) is 14.0. The molecule has 0 spiro atoms. The van der Waals surface area contributed by atoms with Crippen LogP contribution in [0.15, 0.2) is 0 Å². The molecule has 0 N–H and O–H groups in total. The molecule has 0 bridgehead atoms. The lowest BCUT2D eigenvalue weighted by molar-refractivity contribution is -0.147. The van der Waals surface area contributed by atoms with Gasteiger partial charge < -0.3 is 14.2 Å². The number of likely N-dealkylation sites (tertiary alicyclic amines) is 1. The average molecular weight is 259 g/mol. The molecular weight excluding hydrogens is 234 g/mol. The molecule has 1 aliphatic rings. The first-order chi connectivity index (χ1) is 8.67. The van der Waals surface area contributed by atoms with Crippen LogP contribution in [0, 0.1) is 0 Å². The molecule has 0 amide bonds. The first kappa shape index (κ1) is 15.4. The van der Waals surface area contributed by atoms with E-state index >= 15 is 0 Å².